The van der Waals surface area contributed by atoms with E-state index in [1.807, 2.05) is 0 Å². The SMILES string of the molecule is CC(C)c1c(C(C)(C)C)n[nH]c1C(C)(C)C. The summed E-state index contributed by atoms with van der Waals surface area (Å²) in [5, 5.41) is 7.80. The summed E-state index contributed by atoms with van der Waals surface area (Å²) in [5.74, 6) is 0.516. The largest absolute Gasteiger partial charge is 0.281 e. The van der Waals surface area contributed by atoms with Crippen LogP contribution in [0.4, 0.5) is 0 Å². The van der Waals surface area contributed by atoms with E-state index in [1.54, 1.807) is 0 Å². The van der Waals surface area contributed by atoms with Gasteiger partial charge in [0.25, 0.3) is 0 Å². The molecule has 0 aliphatic rings. The van der Waals surface area contributed by atoms with Gasteiger partial charge < -0.3 is 0 Å². The predicted molar refractivity (Wildman–Crippen MR) is 70.1 cm³/mol. The molecule has 1 N–H and O–H groups in total. The van der Waals surface area contributed by atoms with Crippen LogP contribution in [0.15, 0.2) is 0 Å². The normalized spacial score (nSPS) is 13.6. The number of H-pyrrole nitrogens is 1. The van der Waals surface area contributed by atoms with Crippen LogP contribution in [0.1, 0.15) is 78.3 Å². The minimum atomic E-state index is 0.111. The molecule has 2 nitrogen and oxygen atoms in total. The maximum Gasteiger partial charge on any atom is 0.0713 e. The van der Waals surface area contributed by atoms with Gasteiger partial charge in [-0.15, -0.1) is 0 Å². The molecular formula is C14H26N2. The van der Waals surface area contributed by atoms with Crippen LogP contribution < -0.4 is 0 Å². The van der Waals surface area contributed by atoms with Crippen LogP contribution >= 0.6 is 0 Å². The van der Waals surface area contributed by atoms with E-state index >= 15 is 0 Å². The van der Waals surface area contributed by atoms with Crippen molar-refractivity contribution in [2.24, 2.45) is 0 Å². The molecular weight excluding hydrogens is 196 g/mol. The summed E-state index contributed by atoms with van der Waals surface area (Å²) < 4.78 is 0. The molecule has 1 rings (SSSR count). The third kappa shape index (κ3) is 2.47. The highest BCUT2D eigenvalue weighted by atomic mass is 15.1. The van der Waals surface area contributed by atoms with Crippen LogP contribution in [0.25, 0.3) is 0 Å². The van der Waals surface area contributed by atoms with E-state index in [4.69, 9.17) is 0 Å². The molecule has 0 saturated heterocycles. The van der Waals surface area contributed by atoms with Gasteiger partial charge in [-0.3, -0.25) is 5.10 Å². The minimum Gasteiger partial charge on any atom is -0.281 e. The molecule has 0 radical (unpaired) electrons. The van der Waals surface area contributed by atoms with Crippen LogP contribution in [-0.4, -0.2) is 10.2 Å². The molecule has 16 heavy (non-hydrogen) atoms. The molecule has 0 bridgehead atoms. The summed E-state index contributed by atoms with van der Waals surface area (Å²) in [6, 6.07) is 0. The molecule has 0 saturated carbocycles. The van der Waals surface area contributed by atoms with E-state index in [2.05, 4.69) is 65.6 Å². The van der Waals surface area contributed by atoms with Crippen LogP contribution in [0.3, 0.4) is 0 Å². The van der Waals surface area contributed by atoms with E-state index in [-0.39, 0.29) is 10.8 Å². The van der Waals surface area contributed by atoms with Crippen molar-refractivity contribution in [1.29, 1.82) is 0 Å². The van der Waals surface area contributed by atoms with E-state index in [9.17, 15) is 0 Å². The Morgan fingerprint density at radius 3 is 1.75 bits per heavy atom. The maximum atomic E-state index is 4.55. The average Bonchev–Trinajstić information content (AvgIpc) is 2.43. The van der Waals surface area contributed by atoms with Gasteiger partial charge in [-0.2, -0.15) is 5.10 Å². The molecule has 0 unspecified atom stereocenters. The summed E-state index contributed by atoms with van der Waals surface area (Å²) in [7, 11) is 0. The number of aromatic amines is 1. The first-order valence-electron chi connectivity index (χ1n) is 6.14. The molecule has 0 spiro atoms. The Morgan fingerprint density at radius 1 is 0.938 bits per heavy atom. The van der Waals surface area contributed by atoms with Crippen molar-refractivity contribution in [2.75, 3.05) is 0 Å². The monoisotopic (exact) mass is 222 g/mol. The van der Waals surface area contributed by atoms with Gasteiger partial charge in [0.05, 0.1) is 5.69 Å². The molecule has 1 aromatic rings. The van der Waals surface area contributed by atoms with Crippen molar-refractivity contribution in [3.8, 4) is 0 Å². The molecule has 0 aliphatic carbocycles. The molecule has 0 atom stereocenters. The predicted octanol–water partition coefficient (Wildman–Crippen LogP) is 4.13. The zero-order chi connectivity index (χ0) is 12.7. The van der Waals surface area contributed by atoms with E-state index in [0.717, 1.165) is 0 Å². The summed E-state index contributed by atoms with van der Waals surface area (Å²) in [6.45, 7) is 17.9. The van der Waals surface area contributed by atoms with Crippen LogP contribution in [-0.2, 0) is 10.8 Å². The summed E-state index contributed by atoms with van der Waals surface area (Å²) in [6.07, 6.45) is 0. The molecule has 92 valence electrons. The fraction of sp³-hybridized carbons (Fsp3) is 0.786. The first-order chi connectivity index (χ1) is 7.05. The molecule has 2 heteroatoms. The Morgan fingerprint density at radius 2 is 1.44 bits per heavy atom. The smallest absolute Gasteiger partial charge is 0.0713 e. The molecule has 0 aliphatic heterocycles. The van der Waals surface area contributed by atoms with E-state index in [1.165, 1.54) is 17.0 Å². The Balaban J connectivity index is 3.41. The maximum absolute atomic E-state index is 4.55. The van der Waals surface area contributed by atoms with Gasteiger partial charge >= 0.3 is 0 Å². The quantitative estimate of drug-likeness (QED) is 0.760. The van der Waals surface area contributed by atoms with Crippen molar-refractivity contribution >= 4 is 0 Å². The minimum absolute atomic E-state index is 0.111. The molecule has 1 heterocycles. The number of aromatic nitrogens is 2. The van der Waals surface area contributed by atoms with Crippen LogP contribution in [0.2, 0.25) is 0 Å². The molecule has 0 amide bonds. The zero-order valence-electron chi connectivity index (χ0n) is 12.0. The summed E-state index contributed by atoms with van der Waals surface area (Å²) in [4.78, 5) is 0. The number of rotatable bonds is 1. The van der Waals surface area contributed by atoms with Gasteiger partial charge in [0.15, 0.2) is 0 Å². The van der Waals surface area contributed by atoms with Crippen molar-refractivity contribution in [3.05, 3.63) is 17.0 Å². The van der Waals surface area contributed by atoms with Crippen molar-refractivity contribution in [2.45, 2.75) is 72.1 Å². The molecule has 0 fully saturated rings. The highest BCUT2D eigenvalue weighted by Crippen LogP contribution is 2.35. The standard InChI is InChI=1S/C14H26N2/c1-9(2)10-11(13(3,4)5)15-16-12(10)14(6,7)8/h9H,1-8H3,(H,15,16). The van der Waals surface area contributed by atoms with Gasteiger partial charge in [-0.05, 0) is 11.5 Å². The lowest BCUT2D eigenvalue weighted by atomic mass is 9.80. The summed E-state index contributed by atoms with van der Waals surface area (Å²) in [5.41, 5.74) is 4.15. The molecule has 1 aromatic heterocycles. The second kappa shape index (κ2) is 3.90. The first-order valence-corrected chi connectivity index (χ1v) is 6.14. The van der Waals surface area contributed by atoms with Gasteiger partial charge in [-0.25, -0.2) is 0 Å². The number of hydrogen-bond acceptors (Lipinski definition) is 1. The van der Waals surface area contributed by atoms with Crippen LogP contribution in [0.5, 0.6) is 0 Å². The second-order valence-corrected chi connectivity index (χ2v) is 7.02. The average molecular weight is 222 g/mol. The third-order valence-electron chi connectivity index (χ3n) is 2.84. The van der Waals surface area contributed by atoms with Gasteiger partial charge in [0, 0.05) is 16.5 Å². The van der Waals surface area contributed by atoms with Crippen LogP contribution in [0, 0.1) is 0 Å². The Bertz CT molecular complexity index is 328. The number of nitrogens with one attached hydrogen (secondary N) is 1. The Labute approximate surface area is 99.8 Å². The third-order valence-corrected chi connectivity index (χ3v) is 2.84. The highest BCUT2D eigenvalue weighted by Gasteiger charge is 2.30. The number of hydrogen-bond donors (Lipinski definition) is 1. The Hall–Kier alpha value is -0.790. The Kier molecular flexibility index (Phi) is 3.24. The molecule has 0 aromatic carbocycles. The van der Waals surface area contributed by atoms with Gasteiger partial charge in [0.1, 0.15) is 0 Å². The number of nitrogens with zero attached hydrogens (tertiary/aromatic N) is 1. The van der Waals surface area contributed by atoms with Crippen molar-refractivity contribution in [3.63, 3.8) is 0 Å². The van der Waals surface area contributed by atoms with E-state index in [0.29, 0.717) is 5.92 Å². The lowest BCUT2D eigenvalue weighted by Crippen LogP contribution is -2.18. The van der Waals surface area contributed by atoms with Crippen molar-refractivity contribution in [1.82, 2.24) is 10.2 Å². The van der Waals surface area contributed by atoms with E-state index < -0.39 is 0 Å². The fourth-order valence-electron chi connectivity index (χ4n) is 2.06. The highest BCUT2D eigenvalue weighted by molar-refractivity contribution is 5.36. The lowest BCUT2D eigenvalue weighted by Gasteiger charge is -2.24. The lowest BCUT2D eigenvalue weighted by molar-refractivity contribution is 0.548. The topological polar surface area (TPSA) is 28.7 Å². The zero-order valence-corrected chi connectivity index (χ0v) is 12.0. The van der Waals surface area contributed by atoms with Gasteiger partial charge in [-0.1, -0.05) is 55.4 Å². The first kappa shape index (κ1) is 13.3. The van der Waals surface area contributed by atoms with Gasteiger partial charge in [0.2, 0.25) is 0 Å². The van der Waals surface area contributed by atoms with Crippen molar-refractivity contribution < 1.29 is 0 Å². The second-order valence-electron chi connectivity index (χ2n) is 7.02. The fourth-order valence-corrected chi connectivity index (χ4v) is 2.06. The summed E-state index contributed by atoms with van der Waals surface area (Å²) >= 11 is 0.